The molecule has 0 amide bonds. The summed E-state index contributed by atoms with van der Waals surface area (Å²) in [5.74, 6) is 3.83. The molecule has 0 aromatic carbocycles. The Morgan fingerprint density at radius 1 is 1.00 bits per heavy atom. The molecule has 2 aromatic rings. The first-order valence-corrected chi connectivity index (χ1v) is 9.70. The number of nitrogen functional groups attached to an aromatic ring is 1. The summed E-state index contributed by atoms with van der Waals surface area (Å²) in [5, 5.41) is 1.15. The number of fused-ring (bicyclic) bond motifs is 3. The van der Waals surface area contributed by atoms with E-state index in [4.69, 9.17) is 10.7 Å². The second-order valence-electron chi connectivity index (χ2n) is 5.75. The Balaban J connectivity index is 1.79. The van der Waals surface area contributed by atoms with Gasteiger partial charge in [0, 0.05) is 29.5 Å². The third-order valence-electron chi connectivity index (χ3n) is 4.37. The lowest BCUT2D eigenvalue weighted by molar-refractivity contribution is 0.713. The van der Waals surface area contributed by atoms with E-state index in [1.54, 1.807) is 0 Å². The Bertz CT molecular complexity index is 661. The molecule has 0 saturated carbocycles. The van der Waals surface area contributed by atoms with Gasteiger partial charge >= 0.3 is 0 Å². The highest BCUT2D eigenvalue weighted by atomic mass is 32.2. The van der Waals surface area contributed by atoms with Gasteiger partial charge in [0.2, 0.25) is 5.95 Å². The highest BCUT2D eigenvalue weighted by molar-refractivity contribution is 7.99. The van der Waals surface area contributed by atoms with Crippen molar-refractivity contribution in [2.45, 2.75) is 32.1 Å². The van der Waals surface area contributed by atoms with Crippen LogP contribution in [-0.4, -0.2) is 34.6 Å². The second-order valence-corrected chi connectivity index (χ2v) is 8.06. The van der Waals surface area contributed by atoms with Crippen LogP contribution in [0.4, 0.5) is 11.8 Å². The van der Waals surface area contributed by atoms with Gasteiger partial charge in [0.25, 0.3) is 0 Å². The zero-order valence-electron chi connectivity index (χ0n) is 12.1. The molecule has 2 N–H and O–H groups in total. The van der Waals surface area contributed by atoms with E-state index < -0.39 is 0 Å². The van der Waals surface area contributed by atoms with E-state index >= 15 is 0 Å². The van der Waals surface area contributed by atoms with Gasteiger partial charge < -0.3 is 10.6 Å². The highest BCUT2D eigenvalue weighted by Crippen LogP contribution is 2.38. The summed E-state index contributed by atoms with van der Waals surface area (Å²) in [6.07, 6.45) is 6.22. The first-order valence-electron chi connectivity index (χ1n) is 7.73. The predicted octanol–water partition coefficient (Wildman–Crippen LogP) is 3.10. The van der Waals surface area contributed by atoms with Gasteiger partial charge in [0.15, 0.2) is 0 Å². The maximum Gasteiger partial charge on any atom is 0.228 e. The number of nitrogens with two attached hydrogens (primary N) is 1. The lowest BCUT2D eigenvalue weighted by Gasteiger charge is -2.26. The molecular formula is C15H20N4S2. The van der Waals surface area contributed by atoms with Crippen molar-refractivity contribution in [1.82, 2.24) is 9.97 Å². The maximum absolute atomic E-state index is 6.31. The molecule has 0 radical (unpaired) electrons. The number of thiophene rings is 1. The Hall–Kier alpha value is -1.01. The Kier molecular flexibility index (Phi) is 3.67. The molecule has 0 unspecified atom stereocenters. The van der Waals surface area contributed by atoms with Crippen LogP contribution in [0.5, 0.6) is 0 Å². The van der Waals surface area contributed by atoms with Crippen molar-refractivity contribution in [2.75, 3.05) is 35.2 Å². The zero-order valence-corrected chi connectivity index (χ0v) is 13.7. The molecule has 1 fully saturated rings. The number of aryl methyl sites for hydroxylation is 2. The molecule has 0 bridgehead atoms. The quantitative estimate of drug-likeness (QED) is 0.818. The zero-order chi connectivity index (χ0) is 14.2. The van der Waals surface area contributed by atoms with E-state index in [0.29, 0.717) is 5.82 Å². The van der Waals surface area contributed by atoms with E-state index in [-0.39, 0.29) is 0 Å². The number of thioether (sulfide) groups is 1. The van der Waals surface area contributed by atoms with Crippen LogP contribution in [0, 0.1) is 0 Å². The van der Waals surface area contributed by atoms with Crippen molar-refractivity contribution < 1.29 is 0 Å². The summed E-state index contributed by atoms with van der Waals surface area (Å²) in [7, 11) is 0. The third kappa shape index (κ3) is 2.48. The van der Waals surface area contributed by atoms with Crippen LogP contribution in [-0.2, 0) is 12.8 Å². The van der Waals surface area contributed by atoms with Crippen molar-refractivity contribution in [3.8, 4) is 0 Å². The van der Waals surface area contributed by atoms with Crippen LogP contribution in [0.3, 0.4) is 0 Å². The lowest BCUT2D eigenvalue weighted by Crippen LogP contribution is -2.33. The number of anilines is 2. The molecule has 21 heavy (non-hydrogen) atoms. The summed E-state index contributed by atoms with van der Waals surface area (Å²) < 4.78 is 0. The molecule has 4 nitrogen and oxygen atoms in total. The topological polar surface area (TPSA) is 55.0 Å². The minimum Gasteiger partial charge on any atom is -0.383 e. The summed E-state index contributed by atoms with van der Waals surface area (Å²) in [6, 6.07) is 0. The van der Waals surface area contributed by atoms with Gasteiger partial charge in [-0.2, -0.15) is 16.7 Å². The summed E-state index contributed by atoms with van der Waals surface area (Å²) in [6.45, 7) is 2.06. The van der Waals surface area contributed by atoms with Gasteiger partial charge in [-0.25, -0.2) is 4.98 Å². The van der Waals surface area contributed by atoms with Crippen molar-refractivity contribution in [3.63, 3.8) is 0 Å². The molecule has 0 spiro atoms. The highest BCUT2D eigenvalue weighted by Gasteiger charge is 2.21. The number of hydrogen-bond donors (Lipinski definition) is 1. The van der Waals surface area contributed by atoms with Gasteiger partial charge in [0.05, 0.1) is 5.39 Å². The second kappa shape index (κ2) is 5.65. The average molecular weight is 320 g/mol. The monoisotopic (exact) mass is 320 g/mol. The Morgan fingerprint density at radius 3 is 2.67 bits per heavy atom. The predicted molar refractivity (Wildman–Crippen MR) is 92.6 cm³/mol. The smallest absolute Gasteiger partial charge is 0.228 e. The fourth-order valence-corrected chi connectivity index (χ4v) is 5.42. The molecule has 1 aliphatic heterocycles. The van der Waals surface area contributed by atoms with Gasteiger partial charge in [-0.05, 0) is 31.2 Å². The minimum absolute atomic E-state index is 0.688. The molecule has 1 aliphatic carbocycles. The van der Waals surface area contributed by atoms with Gasteiger partial charge in [-0.1, -0.05) is 6.42 Å². The molecule has 2 aliphatic rings. The SMILES string of the molecule is Nc1nc(N2CCSCC2)nc2sc3c(c12)CCCCC3. The molecular weight excluding hydrogens is 300 g/mol. The van der Waals surface area contributed by atoms with Crippen molar-refractivity contribution in [2.24, 2.45) is 0 Å². The minimum atomic E-state index is 0.688. The van der Waals surface area contributed by atoms with E-state index in [1.165, 1.54) is 36.1 Å². The first kappa shape index (κ1) is 13.6. The van der Waals surface area contributed by atoms with Crippen LogP contribution in [0.25, 0.3) is 10.2 Å². The number of aromatic nitrogens is 2. The number of nitrogens with zero attached hydrogens (tertiary/aromatic N) is 3. The van der Waals surface area contributed by atoms with Crippen molar-refractivity contribution in [3.05, 3.63) is 10.4 Å². The first-order chi connectivity index (χ1) is 10.3. The molecule has 0 atom stereocenters. The van der Waals surface area contributed by atoms with E-state index in [9.17, 15) is 0 Å². The van der Waals surface area contributed by atoms with Crippen LogP contribution < -0.4 is 10.6 Å². The van der Waals surface area contributed by atoms with E-state index in [1.807, 2.05) is 23.1 Å². The lowest BCUT2D eigenvalue weighted by atomic mass is 10.1. The van der Waals surface area contributed by atoms with Gasteiger partial charge in [-0.3, -0.25) is 0 Å². The number of hydrogen-bond acceptors (Lipinski definition) is 6. The maximum atomic E-state index is 6.31. The normalized spacial score (nSPS) is 19.5. The van der Waals surface area contributed by atoms with E-state index in [2.05, 4.69) is 9.88 Å². The fraction of sp³-hybridized carbons (Fsp3) is 0.600. The average Bonchev–Trinajstić information content (AvgIpc) is 2.71. The summed E-state index contributed by atoms with van der Waals surface area (Å²) in [5.41, 5.74) is 7.74. The molecule has 2 aromatic heterocycles. The van der Waals surface area contributed by atoms with Crippen LogP contribution >= 0.6 is 23.1 Å². The van der Waals surface area contributed by atoms with Crippen LogP contribution in [0.15, 0.2) is 0 Å². The number of rotatable bonds is 1. The van der Waals surface area contributed by atoms with E-state index in [0.717, 1.165) is 47.2 Å². The standard InChI is InChI=1S/C15H20N4S2/c16-13-12-10-4-2-1-3-5-11(10)21-14(12)18-15(17-13)19-6-8-20-9-7-19/h1-9H2,(H2,16,17,18). The molecule has 3 heterocycles. The Morgan fingerprint density at radius 2 is 1.81 bits per heavy atom. The Labute approximate surface area is 133 Å². The molecule has 112 valence electrons. The summed E-state index contributed by atoms with van der Waals surface area (Å²) in [4.78, 5) is 14.3. The third-order valence-corrected chi connectivity index (χ3v) is 6.50. The molecule has 4 rings (SSSR count). The van der Waals surface area contributed by atoms with Gasteiger partial charge in [0.1, 0.15) is 10.6 Å². The van der Waals surface area contributed by atoms with Crippen LogP contribution in [0.2, 0.25) is 0 Å². The van der Waals surface area contributed by atoms with Crippen LogP contribution in [0.1, 0.15) is 29.7 Å². The fourth-order valence-electron chi connectivity index (χ4n) is 3.26. The van der Waals surface area contributed by atoms with Gasteiger partial charge in [-0.15, -0.1) is 11.3 Å². The molecule has 1 saturated heterocycles. The molecule has 6 heteroatoms. The summed E-state index contributed by atoms with van der Waals surface area (Å²) >= 11 is 3.84. The largest absolute Gasteiger partial charge is 0.383 e. The van der Waals surface area contributed by atoms with Crippen molar-refractivity contribution >= 4 is 45.1 Å². The van der Waals surface area contributed by atoms with Crippen molar-refractivity contribution in [1.29, 1.82) is 0 Å².